The number of hydrogen-bond donors (Lipinski definition) is 0. The maximum Gasteiger partial charge on any atom is 0.308 e. The van der Waals surface area contributed by atoms with E-state index in [0.717, 1.165) is 37.2 Å². The molecule has 0 amide bonds. The van der Waals surface area contributed by atoms with Crippen molar-refractivity contribution in [2.75, 3.05) is 27.3 Å². The fraction of sp³-hybridized carbons (Fsp3) is 0.333. The topological polar surface area (TPSA) is 56.6 Å². The molecule has 31 heavy (non-hydrogen) atoms. The number of piperidine rings is 1. The van der Waals surface area contributed by atoms with E-state index >= 15 is 0 Å². The van der Waals surface area contributed by atoms with Gasteiger partial charge in [-0.25, -0.2) is 9.07 Å². The first-order valence-electron chi connectivity index (χ1n) is 10.4. The van der Waals surface area contributed by atoms with Crippen LogP contribution in [-0.2, 0) is 16.1 Å². The molecular formula is C24H26FN3O3. The summed E-state index contributed by atoms with van der Waals surface area (Å²) in [6.45, 7) is 2.18. The molecule has 4 rings (SSSR count). The van der Waals surface area contributed by atoms with Crippen LogP contribution in [0.5, 0.6) is 5.75 Å². The molecular weight excluding hydrogens is 397 g/mol. The maximum atomic E-state index is 14.9. The Morgan fingerprint density at radius 1 is 1.13 bits per heavy atom. The molecule has 6 nitrogen and oxygen atoms in total. The number of carbonyl (C=O) groups excluding carboxylic acids is 1. The van der Waals surface area contributed by atoms with Gasteiger partial charge in [-0.05, 0) is 50.2 Å². The van der Waals surface area contributed by atoms with Gasteiger partial charge in [0.2, 0.25) is 0 Å². The van der Waals surface area contributed by atoms with Crippen LogP contribution in [0.25, 0.3) is 16.9 Å². The van der Waals surface area contributed by atoms with Crippen molar-refractivity contribution in [1.82, 2.24) is 14.7 Å². The lowest BCUT2D eigenvalue weighted by molar-refractivity contribution is -0.147. The number of esters is 1. The minimum Gasteiger partial charge on any atom is -0.497 e. The summed E-state index contributed by atoms with van der Waals surface area (Å²) < 4.78 is 26.7. The molecule has 0 spiro atoms. The third-order valence-corrected chi connectivity index (χ3v) is 5.76. The van der Waals surface area contributed by atoms with Crippen LogP contribution in [-0.4, -0.2) is 48.0 Å². The van der Waals surface area contributed by atoms with E-state index in [0.29, 0.717) is 23.6 Å². The van der Waals surface area contributed by atoms with E-state index in [1.165, 1.54) is 20.3 Å². The Kier molecular flexibility index (Phi) is 6.32. The average molecular weight is 423 g/mol. The molecule has 0 N–H and O–H groups in total. The second-order valence-electron chi connectivity index (χ2n) is 7.70. The highest BCUT2D eigenvalue weighted by molar-refractivity contribution is 5.72. The molecule has 162 valence electrons. The predicted octanol–water partition coefficient (Wildman–Crippen LogP) is 4.07. The Bertz CT molecular complexity index is 1040. The van der Waals surface area contributed by atoms with Crippen LogP contribution in [0.1, 0.15) is 18.4 Å². The number of likely N-dealkylation sites (tertiary alicyclic amines) is 1. The fourth-order valence-electron chi connectivity index (χ4n) is 4.01. The molecule has 3 aromatic rings. The van der Waals surface area contributed by atoms with Crippen molar-refractivity contribution in [2.45, 2.75) is 19.4 Å². The third-order valence-electron chi connectivity index (χ3n) is 5.76. The molecule has 0 atom stereocenters. The average Bonchev–Trinajstić information content (AvgIpc) is 3.23. The van der Waals surface area contributed by atoms with Crippen LogP contribution in [0.4, 0.5) is 4.39 Å². The van der Waals surface area contributed by atoms with Crippen LogP contribution in [0.15, 0.2) is 54.7 Å². The molecule has 0 saturated carbocycles. The molecule has 0 bridgehead atoms. The molecule has 1 aromatic heterocycles. The summed E-state index contributed by atoms with van der Waals surface area (Å²) in [7, 11) is 2.95. The zero-order valence-electron chi connectivity index (χ0n) is 17.8. The van der Waals surface area contributed by atoms with E-state index in [9.17, 15) is 9.18 Å². The lowest BCUT2D eigenvalue weighted by Crippen LogP contribution is -2.36. The van der Waals surface area contributed by atoms with Gasteiger partial charge < -0.3 is 9.47 Å². The lowest BCUT2D eigenvalue weighted by Gasteiger charge is -2.30. The van der Waals surface area contributed by atoms with Crippen molar-refractivity contribution in [2.24, 2.45) is 5.92 Å². The van der Waals surface area contributed by atoms with E-state index in [4.69, 9.17) is 14.6 Å². The molecule has 2 heterocycles. The predicted molar refractivity (Wildman–Crippen MR) is 116 cm³/mol. The summed E-state index contributed by atoms with van der Waals surface area (Å²) >= 11 is 0. The molecule has 0 aliphatic carbocycles. The fourth-order valence-corrected chi connectivity index (χ4v) is 4.01. The van der Waals surface area contributed by atoms with Crippen molar-refractivity contribution in [3.8, 4) is 22.7 Å². The number of carbonyl (C=O) groups is 1. The van der Waals surface area contributed by atoms with Gasteiger partial charge in [-0.3, -0.25) is 9.69 Å². The molecule has 1 fully saturated rings. The second-order valence-corrected chi connectivity index (χ2v) is 7.70. The first-order valence-corrected chi connectivity index (χ1v) is 10.4. The van der Waals surface area contributed by atoms with Crippen molar-refractivity contribution >= 4 is 5.97 Å². The Labute approximate surface area is 181 Å². The van der Waals surface area contributed by atoms with Gasteiger partial charge in [0.05, 0.1) is 25.8 Å². The Hall–Kier alpha value is -3.19. The molecule has 0 unspecified atom stereocenters. The number of para-hydroxylation sites is 1. The minimum absolute atomic E-state index is 0.0493. The Morgan fingerprint density at radius 2 is 1.87 bits per heavy atom. The van der Waals surface area contributed by atoms with E-state index < -0.39 is 0 Å². The summed E-state index contributed by atoms with van der Waals surface area (Å²) in [5.41, 5.74) is 2.90. The SMILES string of the molecule is COC(=O)C1CCN(Cc2cn(-c3ccccc3)nc2-c2ccc(OC)cc2F)CC1. The molecule has 0 radical (unpaired) electrons. The van der Waals surface area contributed by atoms with E-state index in [2.05, 4.69) is 4.90 Å². The van der Waals surface area contributed by atoms with Crippen LogP contribution in [0.3, 0.4) is 0 Å². The number of hydrogen-bond acceptors (Lipinski definition) is 5. The van der Waals surface area contributed by atoms with E-state index in [1.54, 1.807) is 16.8 Å². The van der Waals surface area contributed by atoms with Gasteiger partial charge in [0, 0.05) is 29.9 Å². The monoisotopic (exact) mass is 423 g/mol. The molecule has 7 heteroatoms. The van der Waals surface area contributed by atoms with Crippen LogP contribution in [0.2, 0.25) is 0 Å². The lowest BCUT2D eigenvalue weighted by atomic mass is 9.96. The minimum atomic E-state index is -0.372. The highest BCUT2D eigenvalue weighted by atomic mass is 19.1. The normalized spacial score (nSPS) is 15.1. The molecule has 1 aliphatic rings. The number of nitrogens with zero attached hydrogens (tertiary/aromatic N) is 3. The van der Waals surface area contributed by atoms with E-state index in [-0.39, 0.29) is 17.7 Å². The highest BCUT2D eigenvalue weighted by Crippen LogP contribution is 2.30. The summed E-state index contributed by atoms with van der Waals surface area (Å²) in [5, 5.41) is 4.72. The second kappa shape index (κ2) is 9.31. The van der Waals surface area contributed by atoms with Gasteiger partial charge in [0.15, 0.2) is 0 Å². The Balaban J connectivity index is 1.63. The number of ether oxygens (including phenoxy) is 2. The van der Waals surface area contributed by atoms with Crippen molar-refractivity contribution in [1.29, 1.82) is 0 Å². The smallest absolute Gasteiger partial charge is 0.308 e. The van der Waals surface area contributed by atoms with Crippen molar-refractivity contribution in [3.05, 3.63) is 66.1 Å². The first kappa shape index (κ1) is 21.1. The largest absolute Gasteiger partial charge is 0.497 e. The number of rotatable bonds is 6. The van der Waals surface area contributed by atoms with Crippen LogP contribution in [0, 0.1) is 11.7 Å². The quantitative estimate of drug-likeness (QED) is 0.560. The van der Waals surface area contributed by atoms with Crippen molar-refractivity contribution < 1.29 is 18.7 Å². The van der Waals surface area contributed by atoms with Crippen molar-refractivity contribution in [3.63, 3.8) is 0 Å². The molecule has 1 saturated heterocycles. The van der Waals surface area contributed by atoms with Gasteiger partial charge in [-0.1, -0.05) is 18.2 Å². The number of aromatic nitrogens is 2. The molecule has 1 aliphatic heterocycles. The number of benzene rings is 2. The van der Waals surface area contributed by atoms with E-state index in [1.807, 2.05) is 36.5 Å². The van der Waals surface area contributed by atoms with Crippen LogP contribution < -0.4 is 4.74 Å². The highest BCUT2D eigenvalue weighted by Gasteiger charge is 2.27. The summed E-state index contributed by atoms with van der Waals surface area (Å²) in [6, 6.07) is 14.6. The summed E-state index contributed by atoms with van der Waals surface area (Å²) in [5.74, 6) is -0.0946. The zero-order chi connectivity index (χ0) is 21.8. The zero-order valence-corrected chi connectivity index (χ0v) is 17.8. The summed E-state index contributed by atoms with van der Waals surface area (Å²) in [6.07, 6.45) is 3.47. The summed E-state index contributed by atoms with van der Waals surface area (Å²) in [4.78, 5) is 14.1. The third kappa shape index (κ3) is 4.61. The number of methoxy groups -OCH3 is 2. The van der Waals surface area contributed by atoms with Gasteiger partial charge in [0.25, 0.3) is 0 Å². The molecule has 2 aromatic carbocycles. The standard InChI is InChI=1S/C24H26FN3O3/c1-30-20-8-9-21(22(25)14-20)23-18(16-28(26-23)19-6-4-3-5-7-19)15-27-12-10-17(11-13-27)24(29)31-2/h3-9,14,16-17H,10-13,15H2,1-2H3. The van der Waals surface area contributed by atoms with Gasteiger partial charge in [-0.15, -0.1) is 0 Å². The van der Waals surface area contributed by atoms with Gasteiger partial charge in [0.1, 0.15) is 17.3 Å². The maximum absolute atomic E-state index is 14.9. The van der Waals surface area contributed by atoms with Crippen LogP contribution >= 0.6 is 0 Å². The van der Waals surface area contributed by atoms with Gasteiger partial charge >= 0.3 is 5.97 Å². The van der Waals surface area contributed by atoms with Gasteiger partial charge in [-0.2, -0.15) is 5.10 Å². The first-order chi connectivity index (χ1) is 15.1. The number of halogens is 1. The Morgan fingerprint density at radius 3 is 2.52 bits per heavy atom.